The molecule has 4 aromatic rings. The molecule has 2 aliphatic heterocycles. The summed E-state index contributed by atoms with van der Waals surface area (Å²) in [6, 6.07) is 11.0. The van der Waals surface area contributed by atoms with Gasteiger partial charge in [-0.25, -0.2) is 14.6 Å². The van der Waals surface area contributed by atoms with Crippen LogP contribution in [0.5, 0.6) is 0 Å². The number of piperidine rings is 1. The molecule has 0 spiro atoms. The Balaban J connectivity index is 1.24. The molecule has 8 nitrogen and oxygen atoms in total. The lowest BCUT2D eigenvalue weighted by atomic mass is 10.1. The summed E-state index contributed by atoms with van der Waals surface area (Å²) < 4.78 is 1.85. The van der Waals surface area contributed by atoms with Crippen LogP contribution in [0.3, 0.4) is 0 Å². The van der Waals surface area contributed by atoms with Crippen molar-refractivity contribution in [2.24, 2.45) is 0 Å². The van der Waals surface area contributed by atoms with E-state index >= 15 is 0 Å². The zero-order valence-electron chi connectivity index (χ0n) is 17.6. The molecule has 0 bridgehead atoms. The molecular formula is C23H26N8. The lowest BCUT2D eigenvalue weighted by molar-refractivity contribution is 0.175. The summed E-state index contributed by atoms with van der Waals surface area (Å²) in [4.78, 5) is 18.9. The van der Waals surface area contributed by atoms with Crippen LogP contribution in [-0.4, -0.2) is 67.1 Å². The van der Waals surface area contributed by atoms with Gasteiger partial charge in [0.2, 0.25) is 5.65 Å². The smallest absolute Gasteiger partial charge is 0.221 e. The Morgan fingerprint density at radius 3 is 2.87 bits per heavy atom. The number of hydrogen-bond donors (Lipinski definition) is 0. The van der Waals surface area contributed by atoms with E-state index in [1.807, 2.05) is 29.2 Å². The lowest BCUT2D eigenvalue weighted by Crippen LogP contribution is -2.41. The lowest BCUT2D eigenvalue weighted by Gasteiger charge is -2.32. The number of rotatable bonds is 4. The largest absolute Gasteiger partial charge is 0.354 e. The minimum atomic E-state index is 0.595. The molecule has 5 heterocycles. The Labute approximate surface area is 180 Å². The molecule has 6 rings (SSSR count). The number of likely N-dealkylation sites (tertiary alicyclic amines) is 1. The van der Waals surface area contributed by atoms with Crippen LogP contribution in [0, 0.1) is 0 Å². The molecule has 1 aromatic carbocycles. The van der Waals surface area contributed by atoms with E-state index in [2.05, 4.69) is 48.3 Å². The second kappa shape index (κ2) is 7.85. The van der Waals surface area contributed by atoms with Crippen molar-refractivity contribution in [3.8, 4) is 0 Å². The number of aromatic nitrogens is 6. The summed E-state index contributed by atoms with van der Waals surface area (Å²) in [5.74, 6) is 0.929. The van der Waals surface area contributed by atoms with E-state index in [4.69, 9.17) is 4.98 Å². The highest BCUT2D eigenvalue weighted by atomic mass is 15.5. The normalized spacial score (nSPS) is 20.1. The van der Waals surface area contributed by atoms with Gasteiger partial charge in [0.15, 0.2) is 5.65 Å². The van der Waals surface area contributed by atoms with Gasteiger partial charge in [-0.15, -0.1) is 5.10 Å². The standard InChI is InChI=1S/C23H26N8/c1-2-10-29(11-3-1)19-8-12-30(16-19)21-14-25-22-23(26-21)31(28-27-22)15-17-6-7-20-18(13-17)5-4-9-24-20/h4-7,9,13-14,19H,1-3,8,10-12,15-16H2/t19-/m1/s1. The second-order valence-corrected chi connectivity index (χ2v) is 8.64. The van der Waals surface area contributed by atoms with E-state index < -0.39 is 0 Å². The van der Waals surface area contributed by atoms with Gasteiger partial charge in [-0.3, -0.25) is 9.88 Å². The van der Waals surface area contributed by atoms with E-state index in [1.54, 1.807) is 0 Å². The first kappa shape index (κ1) is 18.6. The Hall–Kier alpha value is -3.13. The van der Waals surface area contributed by atoms with Crippen LogP contribution in [0.15, 0.2) is 42.7 Å². The van der Waals surface area contributed by atoms with Crippen LogP contribution in [0.4, 0.5) is 5.82 Å². The van der Waals surface area contributed by atoms with Crippen molar-refractivity contribution in [1.29, 1.82) is 0 Å². The third kappa shape index (κ3) is 3.61. The first-order valence-corrected chi connectivity index (χ1v) is 11.2. The zero-order chi connectivity index (χ0) is 20.6. The average molecular weight is 415 g/mol. The van der Waals surface area contributed by atoms with Gasteiger partial charge in [0, 0.05) is 30.7 Å². The molecule has 2 aliphatic rings. The molecule has 0 amide bonds. The van der Waals surface area contributed by atoms with Crippen LogP contribution < -0.4 is 4.90 Å². The van der Waals surface area contributed by atoms with Crippen LogP contribution in [0.25, 0.3) is 22.2 Å². The molecule has 0 N–H and O–H groups in total. The topological polar surface area (TPSA) is 75.9 Å². The van der Waals surface area contributed by atoms with Crippen molar-refractivity contribution in [2.45, 2.75) is 38.3 Å². The highest BCUT2D eigenvalue weighted by Crippen LogP contribution is 2.24. The number of benzene rings is 1. The fourth-order valence-electron chi connectivity index (χ4n) is 4.93. The Kier molecular flexibility index (Phi) is 4.71. The average Bonchev–Trinajstić information content (AvgIpc) is 3.47. The molecule has 158 valence electrons. The van der Waals surface area contributed by atoms with Crippen LogP contribution in [0.2, 0.25) is 0 Å². The third-order valence-corrected chi connectivity index (χ3v) is 6.61. The molecule has 2 saturated heterocycles. The van der Waals surface area contributed by atoms with Gasteiger partial charge in [-0.1, -0.05) is 23.8 Å². The van der Waals surface area contributed by atoms with E-state index in [0.717, 1.165) is 41.0 Å². The fraction of sp³-hybridized carbons (Fsp3) is 0.435. The summed E-state index contributed by atoms with van der Waals surface area (Å²) in [5.41, 5.74) is 3.48. The van der Waals surface area contributed by atoms with Crippen molar-refractivity contribution >= 4 is 28.0 Å². The Morgan fingerprint density at radius 1 is 1.00 bits per heavy atom. The number of pyridine rings is 1. The second-order valence-electron chi connectivity index (χ2n) is 8.64. The van der Waals surface area contributed by atoms with Gasteiger partial charge in [-0.2, -0.15) is 0 Å². The fourth-order valence-corrected chi connectivity index (χ4v) is 4.93. The Bertz CT molecular complexity index is 1210. The molecule has 0 saturated carbocycles. The maximum Gasteiger partial charge on any atom is 0.221 e. The predicted octanol–water partition coefficient (Wildman–Crippen LogP) is 2.88. The van der Waals surface area contributed by atoms with E-state index in [9.17, 15) is 0 Å². The van der Waals surface area contributed by atoms with Crippen molar-refractivity contribution in [2.75, 3.05) is 31.1 Å². The first-order valence-electron chi connectivity index (χ1n) is 11.2. The Morgan fingerprint density at radius 2 is 1.94 bits per heavy atom. The molecule has 3 aromatic heterocycles. The molecule has 0 aliphatic carbocycles. The maximum atomic E-state index is 4.93. The highest BCUT2D eigenvalue weighted by Gasteiger charge is 2.29. The molecule has 31 heavy (non-hydrogen) atoms. The molecule has 8 heteroatoms. The van der Waals surface area contributed by atoms with Gasteiger partial charge in [0.25, 0.3) is 0 Å². The molecule has 1 atom stereocenters. The molecule has 2 fully saturated rings. The quantitative estimate of drug-likeness (QED) is 0.508. The van der Waals surface area contributed by atoms with Crippen LogP contribution in [0.1, 0.15) is 31.2 Å². The SMILES string of the molecule is c1cnc2ccc(Cn3nnc4ncc(N5CC[C@@H](N6CCCCC6)C5)nc43)cc2c1. The molecule has 0 radical (unpaired) electrons. The summed E-state index contributed by atoms with van der Waals surface area (Å²) in [5, 5.41) is 9.68. The highest BCUT2D eigenvalue weighted by molar-refractivity contribution is 5.79. The molecule has 0 unspecified atom stereocenters. The predicted molar refractivity (Wildman–Crippen MR) is 120 cm³/mol. The van der Waals surface area contributed by atoms with Gasteiger partial charge in [0.05, 0.1) is 18.3 Å². The summed E-state index contributed by atoms with van der Waals surface area (Å²) in [6.07, 6.45) is 8.90. The van der Waals surface area contributed by atoms with Crippen LogP contribution >= 0.6 is 0 Å². The monoisotopic (exact) mass is 414 g/mol. The first-order chi connectivity index (χ1) is 15.3. The van der Waals surface area contributed by atoms with Crippen molar-refractivity contribution in [3.63, 3.8) is 0 Å². The summed E-state index contributed by atoms with van der Waals surface area (Å²) in [7, 11) is 0. The maximum absolute atomic E-state index is 4.93. The van der Waals surface area contributed by atoms with E-state index in [0.29, 0.717) is 18.2 Å². The van der Waals surface area contributed by atoms with Crippen molar-refractivity contribution in [1.82, 2.24) is 34.8 Å². The van der Waals surface area contributed by atoms with Crippen molar-refractivity contribution < 1.29 is 0 Å². The van der Waals surface area contributed by atoms with Gasteiger partial charge < -0.3 is 4.90 Å². The van der Waals surface area contributed by atoms with E-state index in [-0.39, 0.29) is 0 Å². The summed E-state index contributed by atoms with van der Waals surface area (Å²) >= 11 is 0. The minimum Gasteiger partial charge on any atom is -0.354 e. The van der Waals surface area contributed by atoms with Crippen molar-refractivity contribution in [3.05, 3.63) is 48.3 Å². The zero-order valence-corrected chi connectivity index (χ0v) is 17.6. The number of hydrogen-bond acceptors (Lipinski definition) is 7. The number of nitrogens with zero attached hydrogens (tertiary/aromatic N) is 8. The number of fused-ring (bicyclic) bond motifs is 2. The van der Waals surface area contributed by atoms with Crippen LogP contribution in [-0.2, 0) is 6.54 Å². The third-order valence-electron chi connectivity index (χ3n) is 6.61. The minimum absolute atomic E-state index is 0.595. The molecular weight excluding hydrogens is 388 g/mol. The number of anilines is 1. The summed E-state index contributed by atoms with van der Waals surface area (Å²) in [6.45, 7) is 5.14. The van der Waals surface area contributed by atoms with E-state index in [1.165, 1.54) is 38.8 Å². The van der Waals surface area contributed by atoms with Gasteiger partial charge >= 0.3 is 0 Å². The van der Waals surface area contributed by atoms with Gasteiger partial charge in [-0.05, 0) is 56.1 Å². The van der Waals surface area contributed by atoms with Gasteiger partial charge in [0.1, 0.15) is 5.82 Å².